The minimum absolute atomic E-state index is 0.191. The second kappa shape index (κ2) is 9.02. The Bertz CT molecular complexity index is 360. The van der Waals surface area contributed by atoms with E-state index in [2.05, 4.69) is 12.2 Å². The van der Waals surface area contributed by atoms with Gasteiger partial charge in [0.1, 0.15) is 5.82 Å². The second-order valence-corrected chi connectivity index (χ2v) is 4.79. The third-order valence-electron chi connectivity index (χ3n) is 3.24. The van der Waals surface area contributed by atoms with E-state index in [-0.39, 0.29) is 11.7 Å². The molecule has 1 N–H and O–H groups in total. The third-order valence-corrected chi connectivity index (χ3v) is 3.24. The summed E-state index contributed by atoms with van der Waals surface area (Å²) in [6, 6.07) is 6.80. The molecule has 0 bridgehead atoms. The number of hydrogen-bond donors (Lipinski definition) is 1. The van der Waals surface area contributed by atoms with E-state index < -0.39 is 0 Å². The van der Waals surface area contributed by atoms with Gasteiger partial charge in [0.05, 0.1) is 6.61 Å². The minimum Gasteiger partial charge on any atom is -0.384 e. The lowest BCUT2D eigenvalue weighted by molar-refractivity contribution is 0.144. The highest BCUT2D eigenvalue weighted by atomic mass is 19.1. The number of nitrogens with one attached hydrogen (secondary N) is 1. The van der Waals surface area contributed by atoms with E-state index in [4.69, 9.17) is 9.47 Å². The van der Waals surface area contributed by atoms with Crippen molar-refractivity contribution in [1.82, 2.24) is 5.32 Å². The van der Waals surface area contributed by atoms with Gasteiger partial charge in [0, 0.05) is 39.8 Å². The van der Waals surface area contributed by atoms with Crippen LogP contribution in [-0.4, -0.2) is 40.5 Å². The molecule has 0 heterocycles. The molecule has 0 aromatic heterocycles. The minimum atomic E-state index is -0.191. The SMILES string of the molecule is COCCNCC(c1cccc(F)c1)C(C)COC. The highest BCUT2D eigenvalue weighted by Crippen LogP contribution is 2.24. The predicted molar refractivity (Wildman–Crippen MR) is 74.9 cm³/mol. The van der Waals surface area contributed by atoms with Gasteiger partial charge in [0.25, 0.3) is 0 Å². The predicted octanol–water partition coefficient (Wildman–Crippen LogP) is 2.43. The number of halogens is 1. The Kier molecular flexibility index (Phi) is 7.63. The maximum absolute atomic E-state index is 13.3. The van der Waals surface area contributed by atoms with Crippen LogP contribution in [0.5, 0.6) is 0 Å². The molecule has 1 aromatic rings. The standard InChI is InChI=1S/C15H24FNO2/c1-12(11-19-3)15(10-17-7-8-18-2)13-5-4-6-14(16)9-13/h4-6,9,12,15,17H,7-8,10-11H2,1-3H3. The van der Waals surface area contributed by atoms with E-state index in [1.165, 1.54) is 6.07 Å². The summed E-state index contributed by atoms with van der Waals surface area (Å²) in [5.74, 6) is 0.360. The molecule has 108 valence electrons. The normalized spacial score (nSPS) is 14.3. The van der Waals surface area contributed by atoms with Crippen LogP contribution >= 0.6 is 0 Å². The van der Waals surface area contributed by atoms with Crippen LogP contribution in [0, 0.1) is 11.7 Å². The molecule has 1 rings (SSSR count). The van der Waals surface area contributed by atoms with Crippen molar-refractivity contribution in [2.24, 2.45) is 5.92 Å². The fourth-order valence-electron chi connectivity index (χ4n) is 2.20. The Balaban J connectivity index is 2.68. The average molecular weight is 269 g/mol. The summed E-state index contributed by atoms with van der Waals surface area (Å²) in [5.41, 5.74) is 1.01. The molecule has 4 heteroatoms. The van der Waals surface area contributed by atoms with Gasteiger partial charge in [-0.1, -0.05) is 19.1 Å². The van der Waals surface area contributed by atoms with Gasteiger partial charge < -0.3 is 14.8 Å². The molecule has 0 aliphatic heterocycles. The van der Waals surface area contributed by atoms with E-state index in [0.29, 0.717) is 19.1 Å². The van der Waals surface area contributed by atoms with E-state index >= 15 is 0 Å². The van der Waals surface area contributed by atoms with Crippen LogP contribution in [0.2, 0.25) is 0 Å². The van der Waals surface area contributed by atoms with Crippen molar-refractivity contribution in [3.63, 3.8) is 0 Å². The van der Waals surface area contributed by atoms with E-state index in [9.17, 15) is 4.39 Å². The molecule has 2 atom stereocenters. The van der Waals surface area contributed by atoms with Gasteiger partial charge in [-0.3, -0.25) is 0 Å². The van der Waals surface area contributed by atoms with Gasteiger partial charge in [0.15, 0.2) is 0 Å². The Morgan fingerprint density at radius 2 is 2.05 bits per heavy atom. The summed E-state index contributed by atoms with van der Waals surface area (Å²) in [7, 11) is 3.37. The first kappa shape index (κ1) is 16.1. The first-order chi connectivity index (χ1) is 9.19. The van der Waals surface area contributed by atoms with Crippen LogP contribution in [0.4, 0.5) is 4.39 Å². The van der Waals surface area contributed by atoms with Crippen LogP contribution in [0.25, 0.3) is 0 Å². The number of rotatable bonds is 9. The van der Waals surface area contributed by atoms with Crippen molar-refractivity contribution in [2.45, 2.75) is 12.8 Å². The molecule has 0 spiro atoms. The monoisotopic (exact) mass is 269 g/mol. The summed E-state index contributed by atoms with van der Waals surface area (Å²) in [4.78, 5) is 0. The molecular weight excluding hydrogens is 245 g/mol. The summed E-state index contributed by atoms with van der Waals surface area (Å²) in [5, 5.41) is 3.34. The first-order valence-electron chi connectivity index (χ1n) is 6.63. The lowest BCUT2D eigenvalue weighted by Crippen LogP contribution is -2.29. The molecule has 0 amide bonds. The van der Waals surface area contributed by atoms with Crippen molar-refractivity contribution in [3.05, 3.63) is 35.6 Å². The summed E-state index contributed by atoms with van der Waals surface area (Å²) in [6.45, 7) is 5.04. The maximum Gasteiger partial charge on any atom is 0.123 e. The lowest BCUT2D eigenvalue weighted by Gasteiger charge is -2.24. The average Bonchev–Trinajstić information content (AvgIpc) is 2.39. The zero-order valence-corrected chi connectivity index (χ0v) is 12.0. The van der Waals surface area contributed by atoms with Crippen LogP contribution in [0.3, 0.4) is 0 Å². The molecule has 2 unspecified atom stereocenters. The number of ether oxygens (including phenoxy) is 2. The molecule has 0 radical (unpaired) electrons. The molecule has 0 aliphatic rings. The molecule has 0 fully saturated rings. The van der Waals surface area contributed by atoms with E-state index in [1.807, 2.05) is 6.07 Å². The second-order valence-electron chi connectivity index (χ2n) is 4.79. The Morgan fingerprint density at radius 1 is 1.26 bits per heavy atom. The van der Waals surface area contributed by atoms with Crippen LogP contribution in [-0.2, 0) is 9.47 Å². The fourth-order valence-corrected chi connectivity index (χ4v) is 2.20. The highest BCUT2D eigenvalue weighted by molar-refractivity contribution is 5.21. The van der Waals surface area contributed by atoms with Gasteiger partial charge in [-0.05, 0) is 23.6 Å². The lowest BCUT2D eigenvalue weighted by atomic mass is 9.87. The van der Waals surface area contributed by atoms with Crippen molar-refractivity contribution < 1.29 is 13.9 Å². The molecular formula is C15H24FNO2. The van der Waals surface area contributed by atoms with Gasteiger partial charge in [-0.25, -0.2) is 4.39 Å². The zero-order chi connectivity index (χ0) is 14.1. The number of methoxy groups -OCH3 is 2. The van der Waals surface area contributed by atoms with Gasteiger partial charge in [0.2, 0.25) is 0 Å². The molecule has 3 nitrogen and oxygen atoms in total. The quantitative estimate of drug-likeness (QED) is 0.698. The van der Waals surface area contributed by atoms with Crippen molar-refractivity contribution >= 4 is 0 Å². The molecule has 1 aromatic carbocycles. The maximum atomic E-state index is 13.3. The third kappa shape index (κ3) is 5.68. The van der Waals surface area contributed by atoms with Crippen LogP contribution < -0.4 is 5.32 Å². The molecule has 0 saturated carbocycles. The number of hydrogen-bond acceptors (Lipinski definition) is 3. The summed E-state index contributed by atoms with van der Waals surface area (Å²) < 4.78 is 23.6. The largest absolute Gasteiger partial charge is 0.384 e. The van der Waals surface area contributed by atoms with Crippen molar-refractivity contribution in [3.8, 4) is 0 Å². The van der Waals surface area contributed by atoms with Crippen molar-refractivity contribution in [2.75, 3.05) is 40.5 Å². The first-order valence-corrected chi connectivity index (χ1v) is 6.63. The van der Waals surface area contributed by atoms with Crippen molar-refractivity contribution in [1.29, 1.82) is 0 Å². The molecule has 19 heavy (non-hydrogen) atoms. The number of benzene rings is 1. The molecule has 0 saturated heterocycles. The Hall–Kier alpha value is -0.970. The van der Waals surface area contributed by atoms with Gasteiger partial charge >= 0.3 is 0 Å². The topological polar surface area (TPSA) is 30.5 Å². The van der Waals surface area contributed by atoms with Crippen LogP contribution in [0.15, 0.2) is 24.3 Å². The van der Waals surface area contributed by atoms with Gasteiger partial charge in [-0.2, -0.15) is 0 Å². The Morgan fingerprint density at radius 3 is 2.68 bits per heavy atom. The highest BCUT2D eigenvalue weighted by Gasteiger charge is 2.19. The van der Waals surface area contributed by atoms with E-state index in [0.717, 1.165) is 18.7 Å². The Labute approximate surface area is 115 Å². The molecule has 0 aliphatic carbocycles. The zero-order valence-electron chi connectivity index (χ0n) is 12.0. The van der Waals surface area contributed by atoms with E-state index in [1.54, 1.807) is 26.4 Å². The van der Waals surface area contributed by atoms with Crippen LogP contribution in [0.1, 0.15) is 18.4 Å². The summed E-state index contributed by atoms with van der Waals surface area (Å²) >= 11 is 0. The van der Waals surface area contributed by atoms with Gasteiger partial charge in [-0.15, -0.1) is 0 Å². The summed E-state index contributed by atoms with van der Waals surface area (Å²) in [6.07, 6.45) is 0. The fraction of sp³-hybridized carbons (Fsp3) is 0.600. The smallest absolute Gasteiger partial charge is 0.123 e.